The number of para-hydroxylation sites is 1. The van der Waals surface area contributed by atoms with E-state index in [1.165, 1.54) is 19.1 Å². The molecule has 0 spiro atoms. The Balaban J connectivity index is 2.53. The van der Waals surface area contributed by atoms with Crippen LogP contribution in [-0.2, 0) is 0 Å². The van der Waals surface area contributed by atoms with E-state index in [0.29, 0.717) is 17.9 Å². The Kier molecular flexibility index (Phi) is 4.88. The lowest BCUT2D eigenvalue weighted by Crippen LogP contribution is -2.30. The molecule has 2 aromatic carbocycles. The molecule has 5 heteroatoms. The Morgan fingerprint density at radius 2 is 1.81 bits per heavy atom. The summed E-state index contributed by atoms with van der Waals surface area (Å²) in [5, 5.41) is 0. The molecule has 0 heterocycles. The molecule has 0 radical (unpaired) electrons. The normalized spacial score (nSPS) is 12.2. The molecule has 2 aromatic rings. The second-order valence-corrected chi connectivity index (χ2v) is 4.67. The summed E-state index contributed by atoms with van der Waals surface area (Å²) in [6.07, 6.45) is 0. The highest BCUT2D eigenvalue weighted by Crippen LogP contribution is 2.32. The third kappa shape index (κ3) is 3.04. The predicted molar refractivity (Wildman–Crippen MR) is 77.9 cm³/mol. The number of benzene rings is 2. The standard InChI is InChI=1S/C16H18F2N2O/c1-3-21-13-7-5-4-6-11(13)16(20-19)12-9-8-10(2)14(17)15(12)18/h4-9,16,20H,3,19H2,1-2H3. The van der Waals surface area contributed by atoms with Crippen LogP contribution in [0.5, 0.6) is 5.75 Å². The van der Waals surface area contributed by atoms with E-state index in [4.69, 9.17) is 10.6 Å². The number of halogens is 2. The van der Waals surface area contributed by atoms with E-state index in [0.717, 1.165) is 0 Å². The van der Waals surface area contributed by atoms with Crippen LogP contribution in [-0.4, -0.2) is 6.61 Å². The van der Waals surface area contributed by atoms with Crippen molar-refractivity contribution in [3.05, 3.63) is 64.7 Å². The van der Waals surface area contributed by atoms with Crippen molar-refractivity contribution in [2.45, 2.75) is 19.9 Å². The summed E-state index contributed by atoms with van der Waals surface area (Å²) in [6.45, 7) is 3.84. The zero-order chi connectivity index (χ0) is 15.4. The molecular weight excluding hydrogens is 274 g/mol. The van der Waals surface area contributed by atoms with Gasteiger partial charge in [-0.1, -0.05) is 30.3 Å². The van der Waals surface area contributed by atoms with Gasteiger partial charge in [-0.15, -0.1) is 0 Å². The van der Waals surface area contributed by atoms with E-state index in [1.54, 1.807) is 18.2 Å². The van der Waals surface area contributed by atoms with Gasteiger partial charge >= 0.3 is 0 Å². The quantitative estimate of drug-likeness (QED) is 0.657. The molecule has 0 fully saturated rings. The van der Waals surface area contributed by atoms with Crippen molar-refractivity contribution in [3.63, 3.8) is 0 Å². The van der Waals surface area contributed by atoms with Gasteiger partial charge in [-0.2, -0.15) is 0 Å². The lowest BCUT2D eigenvalue weighted by atomic mass is 9.96. The minimum atomic E-state index is -0.899. The first-order valence-corrected chi connectivity index (χ1v) is 6.72. The third-order valence-corrected chi connectivity index (χ3v) is 3.31. The summed E-state index contributed by atoms with van der Waals surface area (Å²) in [6, 6.07) is 9.52. The second-order valence-electron chi connectivity index (χ2n) is 4.67. The number of hydrazine groups is 1. The molecule has 0 aliphatic heterocycles. The first-order valence-electron chi connectivity index (χ1n) is 6.72. The average molecular weight is 292 g/mol. The van der Waals surface area contributed by atoms with Crippen LogP contribution in [0.3, 0.4) is 0 Å². The fourth-order valence-corrected chi connectivity index (χ4v) is 2.24. The zero-order valence-corrected chi connectivity index (χ0v) is 12.0. The molecule has 0 aliphatic carbocycles. The van der Waals surface area contributed by atoms with Crippen LogP contribution in [0.15, 0.2) is 36.4 Å². The largest absolute Gasteiger partial charge is 0.494 e. The van der Waals surface area contributed by atoms with Gasteiger partial charge in [0.1, 0.15) is 5.75 Å². The van der Waals surface area contributed by atoms with E-state index in [1.807, 2.05) is 13.0 Å². The molecule has 21 heavy (non-hydrogen) atoms. The van der Waals surface area contributed by atoms with Crippen molar-refractivity contribution in [1.29, 1.82) is 0 Å². The van der Waals surface area contributed by atoms with E-state index >= 15 is 0 Å². The second kappa shape index (κ2) is 6.65. The fourth-order valence-electron chi connectivity index (χ4n) is 2.24. The Bertz CT molecular complexity index is 632. The molecule has 3 nitrogen and oxygen atoms in total. The van der Waals surface area contributed by atoms with Crippen LogP contribution in [0, 0.1) is 18.6 Å². The Morgan fingerprint density at radius 3 is 2.48 bits per heavy atom. The van der Waals surface area contributed by atoms with Crippen molar-refractivity contribution in [3.8, 4) is 5.75 Å². The number of aryl methyl sites for hydroxylation is 1. The molecule has 2 rings (SSSR count). The minimum Gasteiger partial charge on any atom is -0.494 e. The van der Waals surface area contributed by atoms with Gasteiger partial charge in [0, 0.05) is 11.1 Å². The first-order chi connectivity index (χ1) is 10.1. The number of hydrogen-bond donors (Lipinski definition) is 2. The van der Waals surface area contributed by atoms with Gasteiger partial charge in [-0.25, -0.2) is 14.2 Å². The van der Waals surface area contributed by atoms with Crippen LogP contribution < -0.4 is 16.0 Å². The van der Waals surface area contributed by atoms with E-state index < -0.39 is 17.7 Å². The molecule has 0 saturated heterocycles. The molecule has 0 aliphatic rings. The van der Waals surface area contributed by atoms with Gasteiger partial charge in [0.05, 0.1) is 12.6 Å². The SMILES string of the molecule is CCOc1ccccc1C(NN)c1ccc(C)c(F)c1F. The van der Waals surface area contributed by atoms with E-state index in [9.17, 15) is 8.78 Å². The smallest absolute Gasteiger partial charge is 0.164 e. The fraction of sp³-hybridized carbons (Fsp3) is 0.250. The number of nitrogens with one attached hydrogen (secondary N) is 1. The highest BCUT2D eigenvalue weighted by Gasteiger charge is 2.22. The highest BCUT2D eigenvalue weighted by molar-refractivity contribution is 5.42. The van der Waals surface area contributed by atoms with Crippen molar-refractivity contribution in [1.82, 2.24) is 5.43 Å². The van der Waals surface area contributed by atoms with Crippen molar-refractivity contribution in [2.24, 2.45) is 5.84 Å². The lowest BCUT2D eigenvalue weighted by molar-refractivity contribution is 0.333. The van der Waals surface area contributed by atoms with Crippen LogP contribution >= 0.6 is 0 Å². The summed E-state index contributed by atoms with van der Waals surface area (Å²) >= 11 is 0. The predicted octanol–water partition coefficient (Wildman–Crippen LogP) is 3.22. The summed E-state index contributed by atoms with van der Waals surface area (Å²) in [5.41, 5.74) is 3.59. The monoisotopic (exact) mass is 292 g/mol. The molecule has 1 atom stereocenters. The van der Waals surface area contributed by atoms with Crippen LogP contribution in [0.4, 0.5) is 8.78 Å². The van der Waals surface area contributed by atoms with Crippen molar-refractivity contribution >= 4 is 0 Å². The van der Waals surface area contributed by atoms with E-state index in [-0.39, 0.29) is 11.1 Å². The molecule has 112 valence electrons. The van der Waals surface area contributed by atoms with Crippen molar-refractivity contribution in [2.75, 3.05) is 6.61 Å². The number of ether oxygens (including phenoxy) is 1. The summed E-state index contributed by atoms with van der Waals surface area (Å²) in [5.74, 6) is 4.39. The van der Waals surface area contributed by atoms with Gasteiger partial charge in [0.25, 0.3) is 0 Å². The van der Waals surface area contributed by atoms with Gasteiger partial charge < -0.3 is 4.74 Å². The highest BCUT2D eigenvalue weighted by atomic mass is 19.2. The lowest BCUT2D eigenvalue weighted by Gasteiger charge is -2.21. The number of hydrogen-bond acceptors (Lipinski definition) is 3. The average Bonchev–Trinajstić information content (AvgIpc) is 2.49. The maximum Gasteiger partial charge on any atom is 0.164 e. The van der Waals surface area contributed by atoms with Gasteiger partial charge in [0.2, 0.25) is 0 Å². The summed E-state index contributed by atoms with van der Waals surface area (Å²) in [4.78, 5) is 0. The number of nitrogens with two attached hydrogens (primary N) is 1. The van der Waals surface area contributed by atoms with Crippen LogP contribution in [0.25, 0.3) is 0 Å². The van der Waals surface area contributed by atoms with Crippen molar-refractivity contribution < 1.29 is 13.5 Å². The molecule has 0 aromatic heterocycles. The summed E-state index contributed by atoms with van der Waals surface area (Å²) in [7, 11) is 0. The van der Waals surface area contributed by atoms with Crippen LogP contribution in [0.2, 0.25) is 0 Å². The maximum atomic E-state index is 14.2. The first kappa shape index (κ1) is 15.4. The third-order valence-electron chi connectivity index (χ3n) is 3.31. The molecule has 0 bridgehead atoms. The molecule has 1 unspecified atom stereocenters. The Hall–Kier alpha value is -1.98. The van der Waals surface area contributed by atoms with Gasteiger partial charge in [-0.05, 0) is 25.5 Å². The molecular formula is C16H18F2N2O. The molecule has 0 amide bonds. The zero-order valence-electron chi connectivity index (χ0n) is 12.0. The Labute approximate surface area is 122 Å². The van der Waals surface area contributed by atoms with Crippen LogP contribution in [0.1, 0.15) is 29.7 Å². The number of rotatable bonds is 5. The summed E-state index contributed by atoms with van der Waals surface area (Å²) < 4.78 is 33.5. The maximum absolute atomic E-state index is 14.2. The molecule has 3 N–H and O–H groups in total. The van der Waals surface area contributed by atoms with Gasteiger partial charge in [-0.3, -0.25) is 5.84 Å². The van der Waals surface area contributed by atoms with E-state index in [2.05, 4.69) is 5.43 Å². The topological polar surface area (TPSA) is 47.3 Å². The Morgan fingerprint density at radius 1 is 1.10 bits per heavy atom. The molecule has 0 saturated carbocycles. The van der Waals surface area contributed by atoms with Gasteiger partial charge in [0.15, 0.2) is 11.6 Å². The minimum absolute atomic E-state index is 0.146.